The van der Waals surface area contributed by atoms with Gasteiger partial charge in [-0.25, -0.2) is 0 Å². The van der Waals surface area contributed by atoms with Crippen molar-refractivity contribution >= 4 is 0 Å². The smallest absolute Gasteiger partial charge is 0.231 e. The van der Waals surface area contributed by atoms with Gasteiger partial charge in [-0.2, -0.15) is 0 Å². The SMILES string of the molecule is COc1cc([C@H]2C[C@@](C)(O)Cc3cc(OC)c(OC)c(OC)c32)cc2c1OCO2. The van der Waals surface area contributed by atoms with Gasteiger partial charge in [0.1, 0.15) is 0 Å². The molecule has 1 aliphatic carbocycles. The highest BCUT2D eigenvalue weighted by Crippen LogP contribution is 2.53. The Bertz CT molecular complexity index is 935. The third-order valence-electron chi connectivity index (χ3n) is 5.60. The van der Waals surface area contributed by atoms with Crippen LogP contribution in [0.2, 0.25) is 0 Å². The van der Waals surface area contributed by atoms with Gasteiger partial charge in [0.05, 0.1) is 34.0 Å². The summed E-state index contributed by atoms with van der Waals surface area (Å²) in [5.74, 6) is 3.38. The molecule has 2 aromatic carbocycles. The average Bonchev–Trinajstić information content (AvgIpc) is 3.18. The maximum atomic E-state index is 11.0. The minimum Gasteiger partial charge on any atom is -0.493 e. The molecular weight excluding hydrogens is 376 g/mol. The Labute approximate surface area is 170 Å². The lowest BCUT2D eigenvalue weighted by Gasteiger charge is -2.37. The van der Waals surface area contributed by atoms with Crippen LogP contribution in [-0.4, -0.2) is 45.9 Å². The van der Waals surface area contributed by atoms with Gasteiger partial charge in [0, 0.05) is 17.9 Å². The van der Waals surface area contributed by atoms with Crippen LogP contribution in [0.5, 0.6) is 34.5 Å². The van der Waals surface area contributed by atoms with Crippen LogP contribution < -0.4 is 28.4 Å². The van der Waals surface area contributed by atoms with Gasteiger partial charge in [-0.05, 0) is 42.7 Å². The molecule has 29 heavy (non-hydrogen) atoms. The van der Waals surface area contributed by atoms with Crippen molar-refractivity contribution in [2.45, 2.75) is 31.3 Å². The summed E-state index contributed by atoms with van der Waals surface area (Å²) in [5, 5.41) is 11.0. The van der Waals surface area contributed by atoms with E-state index in [0.717, 1.165) is 16.7 Å². The summed E-state index contributed by atoms with van der Waals surface area (Å²) < 4.78 is 33.5. The topological polar surface area (TPSA) is 75.6 Å². The molecule has 0 amide bonds. The minimum absolute atomic E-state index is 0.155. The third-order valence-corrected chi connectivity index (χ3v) is 5.60. The number of hydrogen-bond donors (Lipinski definition) is 1. The first-order valence-electron chi connectivity index (χ1n) is 9.44. The van der Waals surface area contributed by atoms with Crippen molar-refractivity contribution in [2.24, 2.45) is 0 Å². The van der Waals surface area contributed by atoms with E-state index >= 15 is 0 Å². The second-order valence-electron chi connectivity index (χ2n) is 7.61. The fourth-order valence-electron chi connectivity index (χ4n) is 4.42. The van der Waals surface area contributed by atoms with Gasteiger partial charge in [0.2, 0.25) is 18.3 Å². The molecule has 156 valence electrons. The van der Waals surface area contributed by atoms with Crippen molar-refractivity contribution in [1.29, 1.82) is 0 Å². The quantitative estimate of drug-likeness (QED) is 0.823. The summed E-state index contributed by atoms with van der Waals surface area (Å²) in [6.07, 6.45) is 0.992. The van der Waals surface area contributed by atoms with E-state index in [9.17, 15) is 5.11 Å². The van der Waals surface area contributed by atoms with Crippen molar-refractivity contribution in [3.63, 3.8) is 0 Å². The molecule has 1 N–H and O–H groups in total. The van der Waals surface area contributed by atoms with Gasteiger partial charge in [0.15, 0.2) is 23.0 Å². The van der Waals surface area contributed by atoms with E-state index in [4.69, 9.17) is 28.4 Å². The fraction of sp³-hybridized carbons (Fsp3) is 0.455. The molecule has 0 aromatic heterocycles. The van der Waals surface area contributed by atoms with Crippen molar-refractivity contribution in [3.05, 3.63) is 34.9 Å². The van der Waals surface area contributed by atoms with Crippen LogP contribution >= 0.6 is 0 Å². The first-order valence-corrected chi connectivity index (χ1v) is 9.44. The molecule has 0 bridgehead atoms. The lowest BCUT2D eigenvalue weighted by atomic mass is 9.71. The van der Waals surface area contributed by atoms with Gasteiger partial charge in [-0.3, -0.25) is 0 Å². The molecule has 1 heterocycles. The Morgan fingerprint density at radius 2 is 1.66 bits per heavy atom. The average molecular weight is 402 g/mol. The highest BCUT2D eigenvalue weighted by atomic mass is 16.7. The molecule has 0 radical (unpaired) electrons. The number of rotatable bonds is 5. The van der Waals surface area contributed by atoms with Crippen molar-refractivity contribution in [1.82, 2.24) is 0 Å². The first-order chi connectivity index (χ1) is 13.9. The third kappa shape index (κ3) is 3.19. The van der Waals surface area contributed by atoms with Crippen LogP contribution in [-0.2, 0) is 6.42 Å². The summed E-state index contributed by atoms with van der Waals surface area (Å²) in [5.41, 5.74) is 1.97. The predicted octanol–water partition coefficient (Wildman–Crippen LogP) is 3.28. The van der Waals surface area contributed by atoms with E-state index in [1.807, 2.05) is 25.1 Å². The number of benzene rings is 2. The molecular formula is C22H26O7. The van der Waals surface area contributed by atoms with Gasteiger partial charge >= 0.3 is 0 Å². The fourth-order valence-corrected chi connectivity index (χ4v) is 4.42. The monoisotopic (exact) mass is 402 g/mol. The molecule has 7 heteroatoms. The molecule has 0 saturated heterocycles. The van der Waals surface area contributed by atoms with E-state index in [0.29, 0.717) is 47.3 Å². The van der Waals surface area contributed by atoms with Crippen molar-refractivity contribution < 1.29 is 33.5 Å². The van der Waals surface area contributed by atoms with E-state index < -0.39 is 5.60 Å². The molecule has 0 unspecified atom stereocenters. The number of ether oxygens (including phenoxy) is 6. The lowest BCUT2D eigenvalue weighted by molar-refractivity contribution is 0.0399. The molecule has 2 atom stereocenters. The summed E-state index contributed by atoms with van der Waals surface area (Å²) >= 11 is 0. The normalized spacial score (nSPS) is 22.1. The molecule has 0 saturated carbocycles. The second-order valence-corrected chi connectivity index (χ2v) is 7.61. The molecule has 7 nitrogen and oxygen atoms in total. The zero-order chi connectivity index (χ0) is 20.8. The minimum atomic E-state index is -0.897. The number of fused-ring (bicyclic) bond motifs is 2. The van der Waals surface area contributed by atoms with Crippen LogP contribution in [0.15, 0.2) is 18.2 Å². The van der Waals surface area contributed by atoms with E-state index in [1.54, 1.807) is 28.4 Å². The van der Waals surface area contributed by atoms with Crippen molar-refractivity contribution in [2.75, 3.05) is 35.2 Å². The number of aliphatic hydroxyl groups is 1. The lowest BCUT2D eigenvalue weighted by Crippen LogP contribution is -2.35. The molecule has 0 fully saturated rings. The Kier molecular flexibility index (Phi) is 4.86. The Balaban J connectivity index is 1.95. The zero-order valence-corrected chi connectivity index (χ0v) is 17.3. The zero-order valence-electron chi connectivity index (χ0n) is 17.3. The number of methoxy groups -OCH3 is 4. The molecule has 4 rings (SSSR count). The molecule has 0 spiro atoms. The number of hydrogen-bond acceptors (Lipinski definition) is 7. The van der Waals surface area contributed by atoms with Crippen LogP contribution in [0, 0.1) is 0 Å². The highest BCUT2D eigenvalue weighted by molar-refractivity contribution is 5.64. The second kappa shape index (κ2) is 7.22. The Morgan fingerprint density at radius 3 is 2.31 bits per heavy atom. The maximum absolute atomic E-state index is 11.0. The van der Waals surface area contributed by atoms with Gasteiger partial charge < -0.3 is 33.5 Å². The first kappa shape index (κ1) is 19.5. The van der Waals surface area contributed by atoms with E-state index in [1.165, 1.54) is 0 Å². The van der Waals surface area contributed by atoms with Gasteiger partial charge in [0.25, 0.3) is 0 Å². The Morgan fingerprint density at radius 1 is 0.931 bits per heavy atom. The van der Waals surface area contributed by atoms with Crippen LogP contribution in [0.3, 0.4) is 0 Å². The molecule has 2 aromatic rings. The van der Waals surface area contributed by atoms with Crippen molar-refractivity contribution in [3.8, 4) is 34.5 Å². The standard InChI is InChI=1S/C22H26O7/c1-22(23)9-13-8-16(25-3)20(26-4)21(27-5)18(13)14(10-22)12-6-15(24-2)19-17(7-12)28-11-29-19/h6-8,14,23H,9-11H2,1-5H3/t14-,22+/m1/s1. The maximum Gasteiger partial charge on any atom is 0.231 e. The molecule has 1 aliphatic heterocycles. The van der Waals surface area contributed by atoms with Gasteiger partial charge in [-0.15, -0.1) is 0 Å². The van der Waals surface area contributed by atoms with Crippen LogP contribution in [0.1, 0.15) is 36.0 Å². The van der Waals surface area contributed by atoms with Crippen LogP contribution in [0.4, 0.5) is 0 Å². The molecule has 2 aliphatic rings. The summed E-state index contributed by atoms with van der Waals surface area (Å²) in [6.45, 7) is 2.00. The van der Waals surface area contributed by atoms with Gasteiger partial charge in [-0.1, -0.05) is 0 Å². The highest BCUT2D eigenvalue weighted by Gasteiger charge is 2.39. The van der Waals surface area contributed by atoms with E-state index in [2.05, 4.69) is 0 Å². The Hall–Kier alpha value is -2.80. The largest absolute Gasteiger partial charge is 0.493 e. The van der Waals surface area contributed by atoms with E-state index in [-0.39, 0.29) is 12.7 Å². The predicted molar refractivity (Wildman–Crippen MR) is 106 cm³/mol. The summed E-state index contributed by atoms with van der Waals surface area (Å²) in [7, 11) is 6.39. The summed E-state index contributed by atoms with van der Waals surface area (Å²) in [6, 6.07) is 5.79. The van der Waals surface area contributed by atoms with Crippen LogP contribution in [0.25, 0.3) is 0 Å². The summed E-state index contributed by atoms with van der Waals surface area (Å²) in [4.78, 5) is 0.